The summed E-state index contributed by atoms with van der Waals surface area (Å²) in [5.74, 6) is 6.62. The first-order chi connectivity index (χ1) is 9.36. The molecule has 0 aliphatic heterocycles. The Labute approximate surface area is 109 Å². The van der Waals surface area contributed by atoms with E-state index in [0.29, 0.717) is 18.2 Å². The van der Waals surface area contributed by atoms with Gasteiger partial charge < -0.3 is 15.1 Å². The van der Waals surface area contributed by atoms with Gasteiger partial charge in [0.1, 0.15) is 0 Å². The van der Waals surface area contributed by atoms with E-state index in [9.17, 15) is 0 Å². The number of fused-ring (bicyclic) bond motifs is 1. The van der Waals surface area contributed by atoms with Crippen molar-refractivity contribution in [2.24, 2.45) is 5.84 Å². The first-order valence-corrected chi connectivity index (χ1v) is 5.81. The second-order valence-electron chi connectivity index (χ2n) is 3.95. The highest BCUT2D eigenvalue weighted by atomic mass is 15.3. The molecule has 3 rings (SSSR count). The van der Waals surface area contributed by atoms with Crippen molar-refractivity contribution in [2.75, 3.05) is 10.7 Å². The van der Waals surface area contributed by atoms with Crippen molar-refractivity contribution in [3.63, 3.8) is 0 Å². The van der Waals surface area contributed by atoms with E-state index < -0.39 is 0 Å². The molecular weight excluding hydrogens is 242 g/mol. The number of hydrogen-bond acceptors (Lipinski definition) is 6. The summed E-state index contributed by atoms with van der Waals surface area (Å²) in [6.07, 6.45) is 7.08. The van der Waals surface area contributed by atoms with Crippen molar-refractivity contribution in [3.05, 3.63) is 48.7 Å². The normalized spacial score (nSPS) is 10.6. The van der Waals surface area contributed by atoms with Crippen LogP contribution in [-0.4, -0.2) is 19.4 Å². The van der Waals surface area contributed by atoms with Crippen LogP contribution in [0.2, 0.25) is 0 Å². The molecule has 0 radical (unpaired) electrons. The van der Waals surface area contributed by atoms with E-state index in [1.54, 1.807) is 18.6 Å². The maximum atomic E-state index is 5.40. The number of nitrogens with two attached hydrogens (primary N) is 1. The Hall–Kier alpha value is -2.67. The number of nitrogen functional groups attached to an aromatic ring is 1. The molecule has 7 nitrogen and oxygen atoms in total. The minimum atomic E-state index is 0.564. The fraction of sp³-hybridized carbons (Fsp3) is 0.0833. The molecule has 0 spiro atoms. The monoisotopic (exact) mass is 255 g/mol. The molecule has 96 valence electrons. The zero-order valence-corrected chi connectivity index (χ0v) is 10.1. The summed E-state index contributed by atoms with van der Waals surface area (Å²) in [5, 5.41) is 3.21. The number of imidazole rings is 1. The van der Waals surface area contributed by atoms with Crippen LogP contribution >= 0.6 is 0 Å². The minimum absolute atomic E-state index is 0.564. The van der Waals surface area contributed by atoms with Gasteiger partial charge in [-0.25, -0.2) is 15.8 Å². The van der Waals surface area contributed by atoms with Gasteiger partial charge in [0, 0.05) is 18.6 Å². The summed E-state index contributed by atoms with van der Waals surface area (Å²) >= 11 is 0. The predicted octanol–water partition coefficient (Wildman–Crippen LogP) is 1.02. The number of rotatable bonds is 4. The summed E-state index contributed by atoms with van der Waals surface area (Å²) < 4.78 is 1.85. The molecule has 3 aromatic rings. The number of nitrogens with one attached hydrogen (secondary N) is 2. The van der Waals surface area contributed by atoms with Crippen LogP contribution < -0.4 is 16.6 Å². The second-order valence-corrected chi connectivity index (χ2v) is 3.95. The van der Waals surface area contributed by atoms with E-state index in [4.69, 9.17) is 5.84 Å². The highest BCUT2D eigenvalue weighted by Gasteiger charge is 2.06. The number of anilines is 2. The zero-order valence-electron chi connectivity index (χ0n) is 10.1. The second kappa shape index (κ2) is 4.91. The molecule has 0 aliphatic rings. The van der Waals surface area contributed by atoms with Crippen molar-refractivity contribution in [1.29, 1.82) is 0 Å². The molecule has 0 saturated carbocycles. The average Bonchev–Trinajstić information content (AvgIpc) is 2.94. The van der Waals surface area contributed by atoms with Crippen LogP contribution in [0.15, 0.2) is 43.0 Å². The molecule has 4 N–H and O–H groups in total. The maximum absolute atomic E-state index is 5.40. The van der Waals surface area contributed by atoms with Crippen LogP contribution in [0.1, 0.15) is 5.69 Å². The van der Waals surface area contributed by atoms with Crippen LogP contribution in [0.3, 0.4) is 0 Å². The Morgan fingerprint density at radius 2 is 2.16 bits per heavy atom. The van der Waals surface area contributed by atoms with Crippen LogP contribution in [0.5, 0.6) is 0 Å². The fourth-order valence-electron chi connectivity index (χ4n) is 1.80. The van der Waals surface area contributed by atoms with E-state index in [-0.39, 0.29) is 0 Å². The molecule has 3 aromatic heterocycles. The molecule has 0 aromatic carbocycles. The molecule has 0 fully saturated rings. The van der Waals surface area contributed by atoms with Crippen LogP contribution in [0.4, 0.5) is 11.6 Å². The van der Waals surface area contributed by atoms with Crippen molar-refractivity contribution in [3.8, 4) is 0 Å². The van der Waals surface area contributed by atoms with Gasteiger partial charge >= 0.3 is 0 Å². The van der Waals surface area contributed by atoms with Crippen molar-refractivity contribution in [1.82, 2.24) is 19.4 Å². The third kappa shape index (κ3) is 2.31. The van der Waals surface area contributed by atoms with Crippen LogP contribution in [0, 0.1) is 0 Å². The molecule has 0 bridgehead atoms. The van der Waals surface area contributed by atoms with Crippen molar-refractivity contribution < 1.29 is 0 Å². The van der Waals surface area contributed by atoms with Gasteiger partial charge in [-0.05, 0) is 12.1 Å². The van der Waals surface area contributed by atoms with Crippen LogP contribution in [0.25, 0.3) is 5.65 Å². The Bertz CT molecular complexity index is 677. The van der Waals surface area contributed by atoms with Gasteiger partial charge in [-0.3, -0.25) is 4.98 Å². The zero-order chi connectivity index (χ0) is 13.1. The number of hydrogen-bond donors (Lipinski definition) is 3. The topological polar surface area (TPSA) is 93.2 Å². The van der Waals surface area contributed by atoms with Crippen molar-refractivity contribution in [2.45, 2.75) is 6.54 Å². The first kappa shape index (κ1) is 11.4. The van der Waals surface area contributed by atoms with E-state index in [0.717, 1.165) is 11.3 Å². The van der Waals surface area contributed by atoms with Crippen LogP contribution in [-0.2, 0) is 6.54 Å². The third-order valence-electron chi connectivity index (χ3n) is 2.69. The number of nitrogens with zero attached hydrogens (tertiary/aromatic N) is 4. The van der Waals surface area contributed by atoms with Crippen molar-refractivity contribution >= 4 is 17.3 Å². The van der Waals surface area contributed by atoms with Gasteiger partial charge in [-0.15, -0.1) is 0 Å². The van der Waals surface area contributed by atoms with Gasteiger partial charge in [0.25, 0.3) is 0 Å². The SMILES string of the molecule is NNc1cn2ccnc2c(NCc2ccccn2)n1. The molecule has 0 saturated heterocycles. The summed E-state index contributed by atoms with van der Waals surface area (Å²) in [6.45, 7) is 0.574. The molecule has 0 unspecified atom stereocenters. The van der Waals surface area contributed by atoms with Gasteiger partial charge in [0.05, 0.1) is 18.4 Å². The molecule has 7 heteroatoms. The van der Waals surface area contributed by atoms with E-state index in [1.165, 1.54) is 0 Å². The average molecular weight is 255 g/mol. The molecule has 3 heterocycles. The standard InChI is InChI=1S/C12H13N7/c13-18-10-8-19-6-5-15-12(19)11(17-10)16-7-9-3-1-2-4-14-9/h1-6,8,18H,7,13H2,(H,16,17). The predicted molar refractivity (Wildman–Crippen MR) is 72.4 cm³/mol. The lowest BCUT2D eigenvalue weighted by molar-refractivity contribution is 1.02. The Kier molecular flexibility index (Phi) is 2.95. The van der Waals surface area contributed by atoms with Gasteiger partial charge in [-0.2, -0.15) is 0 Å². The Morgan fingerprint density at radius 1 is 1.21 bits per heavy atom. The fourth-order valence-corrected chi connectivity index (χ4v) is 1.80. The van der Waals surface area contributed by atoms with E-state index in [2.05, 4.69) is 25.7 Å². The molecular formula is C12H13N7. The highest BCUT2D eigenvalue weighted by Crippen LogP contribution is 2.16. The number of hydrazine groups is 1. The van der Waals surface area contributed by atoms with Gasteiger partial charge in [0.2, 0.25) is 0 Å². The highest BCUT2D eigenvalue weighted by molar-refractivity contribution is 5.65. The Balaban J connectivity index is 1.89. The smallest absolute Gasteiger partial charge is 0.180 e. The third-order valence-corrected chi connectivity index (χ3v) is 2.69. The summed E-state index contributed by atoms with van der Waals surface area (Å²) in [6, 6.07) is 5.77. The molecule has 0 amide bonds. The lowest BCUT2D eigenvalue weighted by atomic mass is 10.3. The Morgan fingerprint density at radius 3 is 2.95 bits per heavy atom. The maximum Gasteiger partial charge on any atom is 0.180 e. The van der Waals surface area contributed by atoms with Gasteiger partial charge in [0.15, 0.2) is 17.3 Å². The summed E-state index contributed by atoms with van der Waals surface area (Å²) in [7, 11) is 0. The summed E-state index contributed by atoms with van der Waals surface area (Å²) in [4.78, 5) is 12.8. The quantitative estimate of drug-likeness (QED) is 0.476. The summed E-state index contributed by atoms with van der Waals surface area (Å²) in [5.41, 5.74) is 4.21. The molecule has 19 heavy (non-hydrogen) atoms. The molecule has 0 atom stereocenters. The lowest BCUT2D eigenvalue weighted by Crippen LogP contribution is -2.12. The number of aromatic nitrogens is 4. The molecule has 0 aliphatic carbocycles. The van der Waals surface area contributed by atoms with E-state index in [1.807, 2.05) is 28.8 Å². The first-order valence-electron chi connectivity index (χ1n) is 5.81. The van der Waals surface area contributed by atoms with Gasteiger partial charge in [-0.1, -0.05) is 6.07 Å². The van der Waals surface area contributed by atoms with E-state index >= 15 is 0 Å². The lowest BCUT2D eigenvalue weighted by Gasteiger charge is -2.08. The largest absolute Gasteiger partial charge is 0.361 e. The minimum Gasteiger partial charge on any atom is -0.361 e. The number of pyridine rings is 1.